The predicted octanol–water partition coefficient (Wildman–Crippen LogP) is 2.36. The van der Waals surface area contributed by atoms with E-state index < -0.39 is 42.2 Å². The standard InChI is InChI=1S/C11H10F4N2O2/c1-2-5-3-6-8(10(12)13)16-17(4-7(18)19)9(6)11(5,14)15/h2,5,10H,1,3-4H2,(H,18,19)/t5-/m1/s1. The number of aromatic nitrogens is 2. The molecule has 4 nitrogen and oxygen atoms in total. The molecular weight excluding hydrogens is 268 g/mol. The average molecular weight is 278 g/mol. The van der Waals surface area contributed by atoms with Crippen LogP contribution in [0.5, 0.6) is 0 Å². The van der Waals surface area contributed by atoms with Crippen LogP contribution in [-0.2, 0) is 23.7 Å². The SMILES string of the molecule is C=C[C@@H]1Cc2c(C(F)F)nn(CC(=O)O)c2C1(F)F. The molecule has 0 aromatic carbocycles. The number of fused-ring (bicyclic) bond motifs is 1. The molecule has 2 rings (SSSR count). The Bertz CT molecular complexity index is 539. The monoisotopic (exact) mass is 278 g/mol. The Hall–Kier alpha value is -1.86. The smallest absolute Gasteiger partial charge is 0.325 e. The van der Waals surface area contributed by atoms with Gasteiger partial charge in [0.15, 0.2) is 0 Å². The predicted molar refractivity (Wildman–Crippen MR) is 56.1 cm³/mol. The number of hydrogen-bond donors (Lipinski definition) is 1. The van der Waals surface area contributed by atoms with E-state index in [1.54, 1.807) is 0 Å². The highest BCUT2D eigenvalue weighted by molar-refractivity contribution is 5.66. The van der Waals surface area contributed by atoms with Gasteiger partial charge in [0.25, 0.3) is 12.3 Å². The van der Waals surface area contributed by atoms with Crippen molar-refractivity contribution in [2.45, 2.75) is 25.3 Å². The van der Waals surface area contributed by atoms with E-state index in [0.29, 0.717) is 4.68 Å². The lowest BCUT2D eigenvalue weighted by Crippen LogP contribution is -2.25. The van der Waals surface area contributed by atoms with Gasteiger partial charge in [-0.05, 0) is 6.42 Å². The molecule has 0 bridgehead atoms. The number of aliphatic carboxylic acids is 1. The molecule has 1 aliphatic rings. The van der Waals surface area contributed by atoms with Crippen molar-refractivity contribution >= 4 is 5.97 Å². The number of allylic oxidation sites excluding steroid dienone is 1. The van der Waals surface area contributed by atoms with E-state index in [1.165, 1.54) is 0 Å². The van der Waals surface area contributed by atoms with Gasteiger partial charge in [-0.2, -0.15) is 13.9 Å². The van der Waals surface area contributed by atoms with Crippen LogP contribution in [0.2, 0.25) is 0 Å². The zero-order valence-corrected chi connectivity index (χ0v) is 9.62. The maximum Gasteiger partial charge on any atom is 0.325 e. The van der Waals surface area contributed by atoms with Crippen LogP contribution < -0.4 is 0 Å². The normalized spacial score (nSPS) is 20.6. The first-order valence-corrected chi connectivity index (χ1v) is 5.39. The number of hydrogen-bond acceptors (Lipinski definition) is 2. The van der Waals surface area contributed by atoms with Gasteiger partial charge in [0, 0.05) is 5.56 Å². The molecule has 1 heterocycles. The molecule has 19 heavy (non-hydrogen) atoms. The zero-order chi connectivity index (χ0) is 14.4. The van der Waals surface area contributed by atoms with Crippen molar-refractivity contribution in [3.05, 3.63) is 29.6 Å². The summed E-state index contributed by atoms with van der Waals surface area (Å²) in [6, 6.07) is 0. The summed E-state index contributed by atoms with van der Waals surface area (Å²) in [5.74, 6) is -6.19. The molecule has 1 N–H and O–H groups in total. The summed E-state index contributed by atoms with van der Waals surface area (Å²) < 4.78 is 54.0. The second-order valence-electron chi connectivity index (χ2n) is 4.23. The van der Waals surface area contributed by atoms with Crippen molar-refractivity contribution in [2.75, 3.05) is 0 Å². The highest BCUT2D eigenvalue weighted by Gasteiger charge is 2.52. The van der Waals surface area contributed by atoms with Gasteiger partial charge in [0.2, 0.25) is 0 Å². The molecule has 1 aromatic heterocycles. The topological polar surface area (TPSA) is 55.1 Å². The maximum atomic E-state index is 14.0. The summed E-state index contributed by atoms with van der Waals surface area (Å²) in [6.45, 7) is 2.37. The van der Waals surface area contributed by atoms with Crippen LogP contribution in [0.15, 0.2) is 12.7 Å². The van der Waals surface area contributed by atoms with Crippen molar-refractivity contribution in [3.63, 3.8) is 0 Å². The van der Waals surface area contributed by atoms with Crippen LogP contribution in [0.1, 0.15) is 23.4 Å². The van der Waals surface area contributed by atoms with E-state index in [9.17, 15) is 22.4 Å². The first-order chi connectivity index (χ1) is 8.78. The third-order valence-electron chi connectivity index (χ3n) is 3.06. The molecule has 0 radical (unpaired) electrons. The van der Waals surface area contributed by atoms with Crippen LogP contribution in [0, 0.1) is 5.92 Å². The van der Waals surface area contributed by atoms with Crippen LogP contribution in [0.3, 0.4) is 0 Å². The number of halogens is 4. The van der Waals surface area contributed by atoms with Gasteiger partial charge in [-0.25, -0.2) is 8.78 Å². The van der Waals surface area contributed by atoms with Gasteiger partial charge in [-0.1, -0.05) is 6.08 Å². The van der Waals surface area contributed by atoms with Crippen molar-refractivity contribution in [3.8, 4) is 0 Å². The number of carboxylic acid groups (broad SMARTS) is 1. The second kappa shape index (κ2) is 4.36. The first kappa shape index (κ1) is 13.6. The fourth-order valence-corrected chi connectivity index (χ4v) is 2.26. The van der Waals surface area contributed by atoms with Gasteiger partial charge >= 0.3 is 5.97 Å². The minimum atomic E-state index is -3.44. The van der Waals surface area contributed by atoms with Crippen LogP contribution in [0.25, 0.3) is 0 Å². The zero-order valence-electron chi connectivity index (χ0n) is 9.62. The lowest BCUT2D eigenvalue weighted by molar-refractivity contribution is -0.138. The van der Waals surface area contributed by atoms with Gasteiger partial charge in [-0.3, -0.25) is 9.48 Å². The lowest BCUT2D eigenvalue weighted by Gasteiger charge is -2.17. The van der Waals surface area contributed by atoms with Crippen molar-refractivity contribution in [1.29, 1.82) is 0 Å². The van der Waals surface area contributed by atoms with E-state index in [2.05, 4.69) is 11.7 Å². The van der Waals surface area contributed by atoms with Gasteiger partial charge in [0.1, 0.15) is 17.9 Å². The molecule has 1 aromatic rings. The fourth-order valence-electron chi connectivity index (χ4n) is 2.26. The quantitative estimate of drug-likeness (QED) is 0.679. The number of nitrogens with zero attached hydrogens (tertiary/aromatic N) is 2. The number of carbonyl (C=O) groups is 1. The molecule has 0 saturated carbocycles. The molecule has 0 saturated heterocycles. The molecule has 0 unspecified atom stereocenters. The van der Waals surface area contributed by atoms with E-state index >= 15 is 0 Å². The Balaban J connectivity index is 2.59. The van der Waals surface area contributed by atoms with Crippen LogP contribution >= 0.6 is 0 Å². The summed E-state index contributed by atoms with van der Waals surface area (Å²) in [5.41, 5.74) is -1.79. The maximum absolute atomic E-state index is 14.0. The van der Waals surface area contributed by atoms with E-state index in [1.807, 2.05) is 0 Å². The van der Waals surface area contributed by atoms with Gasteiger partial charge in [0.05, 0.1) is 5.92 Å². The average Bonchev–Trinajstić information content (AvgIpc) is 2.75. The Morgan fingerprint density at radius 2 is 2.26 bits per heavy atom. The molecule has 1 aliphatic carbocycles. The van der Waals surface area contributed by atoms with Crippen molar-refractivity contribution in [2.24, 2.45) is 5.92 Å². The largest absolute Gasteiger partial charge is 0.480 e. The van der Waals surface area contributed by atoms with Gasteiger partial charge in [-0.15, -0.1) is 6.58 Å². The highest BCUT2D eigenvalue weighted by atomic mass is 19.3. The van der Waals surface area contributed by atoms with E-state index in [4.69, 9.17) is 5.11 Å². The summed E-state index contributed by atoms with van der Waals surface area (Å²) in [7, 11) is 0. The Morgan fingerprint density at radius 1 is 1.63 bits per heavy atom. The summed E-state index contributed by atoms with van der Waals surface area (Å²) >= 11 is 0. The molecular formula is C11H10F4N2O2. The minimum absolute atomic E-state index is 0.272. The Kier molecular flexibility index (Phi) is 3.11. The Labute approximate surface area is 105 Å². The molecule has 104 valence electrons. The second-order valence-corrected chi connectivity index (χ2v) is 4.23. The third-order valence-corrected chi connectivity index (χ3v) is 3.06. The molecule has 0 spiro atoms. The number of alkyl halides is 4. The molecule has 0 amide bonds. The van der Waals surface area contributed by atoms with E-state index in [-0.39, 0.29) is 12.0 Å². The number of rotatable bonds is 4. The molecule has 0 aliphatic heterocycles. The van der Waals surface area contributed by atoms with E-state index in [0.717, 1.165) is 6.08 Å². The lowest BCUT2D eigenvalue weighted by atomic mass is 10.0. The molecule has 0 fully saturated rings. The molecule has 1 atom stereocenters. The summed E-state index contributed by atoms with van der Waals surface area (Å²) in [6.07, 6.45) is -2.35. The summed E-state index contributed by atoms with van der Waals surface area (Å²) in [4.78, 5) is 10.6. The highest BCUT2D eigenvalue weighted by Crippen LogP contribution is 2.48. The molecule has 8 heteroatoms. The minimum Gasteiger partial charge on any atom is -0.480 e. The summed E-state index contributed by atoms with van der Waals surface area (Å²) in [5, 5.41) is 11.9. The van der Waals surface area contributed by atoms with Crippen molar-refractivity contribution in [1.82, 2.24) is 9.78 Å². The van der Waals surface area contributed by atoms with Crippen molar-refractivity contribution < 1.29 is 27.5 Å². The van der Waals surface area contributed by atoms with Crippen LogP contribution in [-0.4, -0.2) is 20.9 Å². The fraction of sp³-hybridized carbons (Fsp3) is 0.455. The van der Waals surface area contributed by atoms with Crippen LogP contribution in [0.4, 0.5) is 17.6 Å². The van der Waals surface area contributed by atoms with Gasteiger partial charge < -0.3 is 5.11 Å². The third kappa shape index (κ3) is 2.00. The number of carboxylic acids is 1. The first-order valence-electron chi connectivity index (χ1n) is 5.39. The Morgan fingerprint density at radius 3 is 2.74 bits per heavy atom.